The fourth-order valence-electron chi connectivity index (χ4n) is 2.52. The zero-order valence-electron chi connectivity index (χ0n) is 14.9. The van der Waals surface area contributed by atoms with E-state index in [1.54, 1.807) is 20.2 Å². The summed E-state index contributed by atoms with van der Waals surface area (Å²) in [5, 5.41) is 0.534. The summed E-state index contributed by atoms with van der Waals surface area (Å²) < 4.78 is 15.0. The van der Waals surface area contributed by atoms with Crippen LogP contribution in [0.1, 0.15) is 6.42 Å². The fourth-order valence-corrected chi connectivity index (χ4v) is 2.78. The predicted molar refractivity (Wildman–Crippen MR) is 101 cm³/mol. The van der Waals surface area contributed by atoms with E-state index < -0.39 is 11.2 Å². The molecule has 0 saturated heterocycles. The van der Waals surface area contributed by atoms with Crippen LogP contribution in [0.15, 0.2) is 21.9 Å². The van der Waals surface area contributed by atoms with E-state index in [1.807, 2.05) is 0 Å². The largest absolute Gasteiger partial charge is 0.492 e. The number of halogens is 2. The van der Waals surface area contributed by atoms with Gasteiger partial charge in [-0.1, -0.05) is 23.2 Å². The highest BCUT2D eigenvalue weighted by molar-refractivity contribution is 6.41. The Balaban J connectivity index is 1.65. The summed E-state index contributed by atoms with van der Waals surface area (Å²) in [5.41, 5.74) is -0.291. The Morgan fingerprint density at radius 1 is 1.04 bits per heavy atom. The molecule has 0 atom stereocenters. The van der Waals surface area contributed by atoms with Crippen molar-refractivity contribution in [1.82, 2.24) is 23.7 Å². The van der Waals surface area contributed by atoms with Crippen molar-refractivity contribution in [3.8, 4) is 11.8 Å². The van der Waals surface area contributed by atoms with Gasteiger partial charge in [-0.05, 0) is 0 Å². The lowest BCUT2D eigenvalue weighted by Crippen LogP contribution is -2.37. The Morgan fingerprint density at radius 2 is 1.74 bits per heavy atom. The quantitative estimate of drug-likeness (QED) is 0.449. The molecule has 0 aromatic carbocycles. The molecular weight excluding hydrogens is 397 g/mol. The Labute approximate surface area is 163 Å². The molecule has 0 unspecified atom stereocenters. The van der Waals surface area contributed by atoms with Crippen molar-refractivity contribution in [2.45, 2.75) is 6.42 Å². The van der Waals surface area contributed by atoms with Gasteiger partial charge in [-0.2, -0.15) is 4.98 Å². The molecule has 3 rings (SSSR count). The maximum Gasteiger partial charge on any atom is 0.332 e. The van der Waals surface area contributed by atoms with E-state index in [2.05, 4.69) is 9.97 Å². The number of aromatic nitrogens is 5. The number of ether oxygens (including phenoxy) is 2. The molecule has 3 aromatic heterocycles. The fraction of sp³-hybridized carbons (Fsp3) is 0.375. The molecule has 3 heterocycles. The van der Waals surface area contributed by atoms with Crippen molar-refractivity contribution >= 4 is 34.4 Å². The minimum Gasteiger partial charge on any atom is -0.492 e. The summed E-state index contributed by atoms with van der Waals surface area (Å²) >= 11 is 11.6. The van der Waals surface area contributed by atoms with E-state index >= 15 is 0 Å². The molecule has 0 spiro atoms. The van der Waals surface area contributed by atoms with Gasteiger partial charge in [0.2, 0.25) is 0 Å². The predicted octanol–water partition coefficient (Wildman–Crippen LogP) is 1.52. The van der Waals surface area contributed by atoms with Crippen LogP contribution in [0.5, 0.6) is 11.8 Å². The molecule has 0 aliphatic rings. The van der Waals surface area contributed by atoms with Gasteiger partial charge in [-0.3, -0.25) is 18.5 Å². The second-order valence-electron chi connectivity index (χ2n) is 5.83. The molecule has 0 aliphatic carbocycles. The normalized spacial score (nSPS) is 11.1. The highest BCUT2D eigenvalue weighted by Crippen LogP contribution is 2.23. The number of aryl methyl sites for hydroxylation is 2. The average Bonchev–Trinajstić information content (AvgIpc) is 2.97. The van der Waals surface area contributed by atoms with Gasteiger partial charge in [0.15, 0.2) is 11.2 Å². The third-order valence-corrected chi connectivity index (χ3v) is 4.68. The van der Waals surface area contributed by atoms with E-state index in [0.717, 1.165) is 4.57 Å². The van der Waals surface area contributed by atoms with Gasteiger partial charge in [-0.15, -0.1) is 0 Å². The van der Waals surface area contributed by atoms with Crippen LogP contribution in [0.25, 0.3) is 11.2 Å². The molecule has 0 amide bonds. The minimum atomic E-state index is -0.444. The highest BCUT2D eigenvalue weighted by Gasteiger charge is 2.17. The molecule has 0 N–H and O–H groups in total. The monoisotopic (exact) mass is 413 g/mol. The molecule has 144 valence electrons. The van der Waals surface area contributed by atoms with E-state index in [1.165, 1.54) is 22.4 Å². The van der Waals surface area contributed by atoms with Gasteiger partial charge in [0.1, 0.15) is 10.9 Å². The highest BCUT2D eigenvalue weighted by atomic mass is 35.5. The second-order valence-corrected chi connectivity index (χ2v) is 6.59. The molecule has 0 saturated carbocycles. The Bertz CT molecular complexity index is 1120. The molecule has 11 heteroatoms. The molecule has 0 bridgehead atoms. The minimum absolute atomic E-state index is 0.217. The first kappa shape index (κ1) is 19.2. The van der Waals surface area contributed by atoms with Gasteiger partial charge in [0.25, 0.3) is 11.6 Å². The van der Waals surface area contributed by atoms with Crippen molar-refractivity contribution in [3.63, 3.8) is 0 Å². The number of rotatable bonds is 6. The van der Waals surface area contributed by atoms with Crippen LogP contribution < -0.4 is 20.7 Å². The molecule has 9 nitrogen and oxygen atoms in total. The van der Waals surface area contributed by atoms with Crippen LogP contribution in [0.3, 0.4) is 0 Å². The number of hydrogen-bond donors (Lipinski definition) is 0. The third kappa shape index (κ3) is 3.65. The van der Waals surface area contributed by atoms with Crippen molar-refractivity contribution < 1.29 is 9.47 Å². The van der Waals surface area contributed by atoms with Crippen LogP contribution in [0, 0.1) is 0 Å². The van der Waals surface area contributed by atoms with Gasteiger partial charge < -0.3 is 9.47 Å². The zero-order valence-corrected chi connectivity index (χ0v) is 16.4. The van der Waals surface area contributed by atoms with Crippen molar-refractivity contribution in [2.24, 2.45) is 21.1 Å². The Kier molecular flexibility index (Phi) is 5.43. The van der Waals surface area contributed by atoms with Crippen LogP contribution in [0.4, 0.5) is 0 Å². The van der Waals surface area contributed by atoms with E-state index in [9.17, 15) is 9.59 Å². The molecular formula is C16H17Cl2N5O4. The Hall–Kier alpha value is -2.52. The van der Waals surface area contributed by atoms with Crippen molar-refractivity contribution in [3.05, 3.63) is 43.3 Å². The molecule has 3 aromatic rings. The second kappa shape index (κ2) is 7.61. The summed E-state index contributed by atoms with van der Waals surface area (Å²) in [5.74, 6) is 0.505. The number of fused-ring (bicyclic) bond motifs is 1. The van der Waals surface area contributed by atoms with Crippen LogP contribution >= 0.6 is 23.2 Å². The average molecular weight is 414 g/mol. The van der Waals surface area contributed by atoms with Gasteiger partial charge in [-0.25, -0.2) is 9.78 Å². The SMILES string of the molecule is Cn1c(=O)c2c(nc(OCCCOc3cnc(Cl)c(Cl)c3)n2C)n(C)c1=O. The molecule has 0 aliphatic heterocycles. The lowest BCUT2D eigenvalue weighted by Gasteiger charge is -2.08. The molecule has 0 fully saturated rings. The number of hydrogen-bond acceptors (Lipinski definition) is 6. The first-order valence-electron chi connectivity index (χ1n) is 8.00. The number of pyridine rings is 1. The Morgan fingerprint density at radius 3 is 2.44 bits per heavy atom. The standard InChI is InChI=1S/C16H17Cl2N5O4/c1-21-11-13(22(2)16(25)23(3)14(11)24)20-15(21)27-6-4-5-26-9-7-10(17)12(18)19-8-9/h7-8H,4-6H2,1-3H3. The molecule has 0 radical (unpaired) electrons. The van der Waals surface area contributed by atoms with Crippen LogP contribution in [0.2, 0.25) is 10.2 Å². The number of nitrogens with zero attached hydrogens (tertiary/aromatic N) is 5. The summed E-state index contributed by atoms with van der Waals surface area (Å²) in [6.07, 6.45) is 2.04. The maximum atomic E-state index is 12.3. The number of imidazole rings is 1. The summed E-state index contributed by atoms with van der Waals surface area (Å²) in [7, 11) is 4.64. The van der Waals surface area contributed by atoms with E-state index in [0.29, 0.717) is 35.9 Å². The first-order valence-corrected chi connectivity index (χ1v) is 8.76. The van der Waals surface area contributed by atoms with Gasteiger partial charge in [0, 0.05) is 33.6 Å². The third-order valence-electron chi connectivity index (χ3n) is 3.99. The van der Waals surface area contributed by atoms with Crippen molar-refractivity contribution in [1.29, 1.82) is 0 Å². The van der Waals surface area contributed by atoms with Gasteiger partial charge in [0.05, 0.1) is 24.4 Å². The summed E-state index contributed by atoms with van der Waals surface area (Å²) in [4.78, 5) is 32.5. The maximum absolute atomic E-state index is 12.3. The van der Waals surface area contributed by atoms with E-state index in [4.69, 9.17) is 32.7 Å². The van der Waals surface area contributed by atoms with Crippen LogP contribution in [-0.2, 0) is 21.1 Å². The summed E-state index contributed by atoms with van der Waals surface area (Å²) in [6, 6.07) is 1.83. The van der Waals surface area contributed by atoms with Gasteiger partial charge >= 0.3 is 5.69 Å². The zero-order chi connectivity index (χ0) is 19.7. The lowest BCUT2D eigenvalue weighted by atomic mass is 10.4. The smallest absolute Gasteiger partial charge is 0.332 e. The molecule has 27 heavy (non-hydrogen) atoms. The van der Waals surface area contributed by atoms with E-state index in [-0.39, 0.29) is 16.8 Å². The van der Waals surface area contributed by atoms with Crippen molar-refractivity contribution in [2.75, 3.05) is 13.2 Å². The lowest BCUT2D eigenvalue weighted by molar-refractivity contribution is 0.232. The topological polar surface area (TPSA) is 93.2 Å². The van der Waals surface area contributed by atoms with Crippen LogP contribution in [-0.4, -0.2) is 36.9 Å². The summed E-state index contributed by atoms with van der Waals surface area (Å²) in [6.45, 7) is 0.671. The first-order chi connectivity index (χ1) is 12.8.